The van der Waals surface area contributed by atoms with Gasteiger partial charge >= 0.3 is 0 Å². The van der Waals surface area contributed by atoms with Crippen LogP contribution in [0.4, 0.5) is 0 Å². The van der Waals surface area contributed by atoms with Crippen LogP contribution in [-0.2, 0) is 6.42 Å². The van der Waals surface area contributed by atoms with Crippen LogP contribution in [0.3, 0.4) is 0 Å². The molecule has 2 aromatic rings. The van der Waals surface area contributed by atoms with Crippen LogP contribution in [0.25, 0.3) is 0 Å². The zero-order chi connectivity index (χ0) is 13.8. The topological polar surface area (TPSA) is 24.9 Å². The molecule has 0 spiro atoms. The van der Waals surface area contributed by atoms with E-state index in [9.17, 15) is 0 Å². The van der Waals surface area contributed by atoms with Crippen molar-refractivity contribution in [3.8, 4) is 0 Å². The molecule has 1 aromatic carbocycles. The van der Waals surface area contributed by atoms with Crippen molar-refractivity contribution >= 4 is 11.3 Å². The van der Waals surface area contributed by atoms with Crippen LogP contribution in [0.1, 0.15) is 40.4 Å². The van der Waals surface area contributed by atoms with Crippen LogP contribution < -0.4 is 5.32 Å². The molecule has 0 fully saturated rings. The number of aryl methyl sites for hydroxylation is 3. The van der Waals surface area contributed by atoms with Gasteiger partial charge in [-0.3, -0.25) is 0 Å². The van der Waals surface area contributed by atoms with Crippen LogP contribution in [0.15, 0.2) is 23.6 Å². The molecule has 0 aliphatic carbocycles. The molecule has 1 unspecified atom stereocenters. The number of hydrogen-bond donors (Lipinski definition) is 1. The number of nitrogens with one attached hydrogen (secondary N) is 1. The van der Waals surface area contributed by atoms with Crippen molar-refractivity contribution in [3.05, 3.63) is 51.0 Å². The SMILES string of the molecule is Cc1ccc(C(C)NCCc2csc(C)n2)c(C)c1. The zero-order valence-corrected chi connectivity index (χ0v) is 13.0. The molecule has 2 nitrogen and oxygen atoms in total. The Morgan fingerprint density at radius 1 is 1.26 bits per heavy atom. The first-order chi connectivity index (χ1) is 9.06. The summed E-state index contributed by atoms with van der Waals surface area (Å²) in [5.74, 6) is 0. The second kappa shape index (κ2) is 6.31. The van der Waals surface area contributed by atoms with E-state index in [1.165, 1.54) is 22.4 Å². The lowest BCUT2D eigenvalue weighted by molar-refractivity contribution is 0.572. The average molecular weight is 274 g/mol. The number of benzene rings is 1. The summed E-state index contributed by atoms with van der Waals surface area (Å²) in [7, 11) is 0. The lowest BCUT2D eigenvalue weighted by atomic mass is 10.0. The highest BCUT2D eigenvalue weighted by molar-refractivity contribution is 7.09. The van der Waals surface area contributed by atoms with Gasteiger partial charge in [0, 0.05) is 24.4 Å². The third-order valence-corrected chi connectivity index (χ3v) is 4.21. The fraction of sp³-hybridized carbons (Fsp3) is 0.438. The molecule has 0 radical (unpaired) electrons. The van der Waals surface area contributed by atoms with Crippen molar-refractivity contribution in [1.29, 1.82) is 0 Å². The van der Waals surface area contributed by atoms with Crippen molar-refractivity contribution in [1.82, 2.24) is 10.3 Å². The van der Waals surface area contributed by atoms with Gasteiger partial charge in [-0.1, -0.05) is 23.8 Å². The molecule has 0 aliphatic rings. The molecule has 2 rings (SSSR count). The number of thiazole rings is 1. The van der Waals surface area contributed by atoms with Gasteiger partial charge in [0.15, 0.2) is 0 Å². The van der Waals surface area contributed by atoms with Crippen LogP contribution in [0.2, 0.25) is 0 Å². The van der Waals surface area contributed by atoms with E-state index in [1.807, 2.05) is 0 Å². The van der Waals surface area contributed by atoms with Crippen molar-refractivity contribution < 1.29 is 0 Å². The highest BCUT2D eigenvalue weighted by atomic mass is 32.1. The third-order valence-electron chi connectivity index (χ3n) is 3.39. The van der Waals surface area contributed by atoms with Crippen LogP contribution in [0, 0.1) is 20.8 Å². The van der Waals surface area contributed by atoms with E-state index in [0.717, 1.165) is 18.0 Å². The maximum absolute atomic E-state index is 4.49. The Labute approximate surface area is 119 Å². The summed E-state index contributed by atoms with van der Waals surface area (Å²) >= 11 is 1.72. The molecular formula is C16H22N2S. The standard InChI is InChI=1S/C16H22N2S/c1-11-5-6-16(12(2)9-11)13(3)17-8-7-15-10-19-14(4)18-15/h5-6,9-10,13,17H,7-8H2,1-4H3. The minimum atomic E-state index is 0.389. The van der Waals surface area contributed by atoms with Crippen molar-refractivity contribution in [2.45, 2.75) is 40.2 Å². The number of hydrogen-bond acceptors (Lipinski definition) is 3. The van der Waals surface area contributed by atoms with Gasteiger partial charge in [-0.25, -0.2) is 4.98 Å². The summed E-state index contributed by atoms with van der Waals surface area (Å²) in [6.45, 7) is 9.57. The van der Waals surface area contributed by atoms with E-state index >= 15 is 0 Å². The second-order valence-electron chi connectivity index (χ2n) is 5.14. The van der Waals surface area contributed by atoms with Gasteiger partial charge in [-0.15, -0.1) is 11.3 Å². The molecule has 0 amide bonds. The normalized spacial score (nSPS) is 12.6. The lowest BCUT2D eigenvalue weighted by Crippen LogP contribution is -2.22. The van der Waals surface area contributed by atoms with Crippen LogP contribution in [0.5, 0.6) is 0 Å². The van der Waals surface area contributed by atoms with Crippen molar-refractivity contribution in [2.75, 3.05) is 6.54 Å². The molecule has 1 N–H and O–H groups in total. The molecule has 0 bridgehead atoms. The highest BCUT2D eigenvalue weighted by Crippen LogP contribution is 2.18. The van der Waals surface area contributed by atoms with Gasteiger partial charge in [0.2, 0.25) is 0 Å². The molecule has 19 heavy (non-hydrogen) atoms. The molecular weight excluding hydrogens is 252 g/mol. The Bertz CT molecular complexity index is 545. The molecule has 102 valence electrons. The summed E-state index contributed by atoms with van der Waals surface area (Å²) in [4.78, 5) is 4.49. The van der Waals surface area contributed by atoms with E-state index in [4.69, 9.17) is 0 Å². The molecule has 1 atom stereocenters. The minimum absolute atomic E-state index is 0.389. The van der Waals surface area contributed by atoms with Crippen molar-refractivity contribution in [3.63, 3.8) is 0 Å². The summed E-state index contributed by atoms with van der Waals surface area (Å²) in [6.07, 6.45) is 1.000. The quantitative estimate of drug-likeness (QED) is 0.892. The first kappa shape index (κ1) is 14.2. The molecule has 3 heteroatoms. The number of nitrogens with zero attached hydrogens (tertiary/aromatic N) is 1. The van der Waals surface area contributed by atoms with Gasteiger partial charge in [0.1, 0.15) is 0 Å². The Kier molecular flexibility index (Phi) is 4.72. The van der Waals surface area contributed by atoms with E-state index in [0.29, 0.717) is 6.04 Å². The summed E-state index contributed by atoms with van der Waals surface area (Å²) in [5, 5.41) is 6.88. The van der Waals surface area contributed by atoms with Crippen LogP contribution >= 0.6 is 11.3 Å². The van der Waals surface area contributed by atoms with Crippen LogP contribution in [-0.4, -0.2) is 11.5 Å². The highest BCUT2D eigenvalue weighted by Gasteiger charge is 2.08. The number of aromatic nitrogens is 1. The van der Waals surface area contributed by atoms with E-state index in [-0.39, 0.29) is 0 Å². The Morgan fingerprint density at radius 2 is 2.05 bits per heavy atom. The molecule has 1 aromatic heterocycles. The van der Waals surface area contributed by atoms with Crippen molar-refractivity contribution in [2.24, 2.45) is 0 Å². The van der Waals surface area contributed by atoms with Gasteiger partial charge < -0.3 is 5.32 Å². The largest absolute Gasteiger partial charge is 0.310 e. The smallest absolute Gasteiger partial charge is 0.0897 e. The van der Waals surface area contributed by atoms with E-state index in [1.54, 1.807) is 11.3 Å². The summed E-state index contributed by atoms with van der Waals surface area (Å²) < 4.78 is 0. The number of rotatable bonds is 5. The molecule has 0 aliphatic heterocycles. The van der Waals surface area contributed by atoms with Gasteiger partial charge in [0.25, 0.3) is 0 Å². The lowest BCUT2D eigenvalue weighted by Gasteiger charge is -2.16. The minimum Gasteiger partial charge on any atom is -0.310 e. The average Bonchev–Trinajstić information content (AvgIpc) is 2.75. The van der Waals surface area contributed by atoms with Gasteiger partial charge in [0.05, 0.1) is 10.7 Å². The maximum Gasteiger partial charge on any atom is 0.0897 e. The zero-order valence-electron chi connectivity index (χ0n) is 12.2. The molecule has 0 saturated carbocycles. The van der Waals surface area contributed by atoms with E-state index in [2.05, 4.69) is 61.6 Å². The Morgan fingerprint density at radius 3 is 2.68 bits per heavy atom. The first-order valence-corrected chi connectivity index (χ1v) is 7.66. The maximum atomic E-state index is 4.49. The van der Waals surface area contributed by atoms with Gasteiger partial charge in [-0.05, 0) is 38.8 Å². The van der Waals surface area contributed by atoms with E-state index < -0.39 is 0 Å². The van der Waals surface area contributed by atoms with Gasteiger partial charge in [-0.2, -0.15) is 0 Å². The Hall–Kier alpha value is -1.19. The monoisotopic (exact) mass is 274 g/mol. The molecule has 1 heterocycles. The Balaban J connectivity index is 1.88. The predicted octanol–water partition coefficient (Wildman–Crippen LogP) is 3.96. The molecule has 0 saturated heterocycles. The summed E-state index contributed by atoms with van der Waals surface area (Å²) in [5.41, 5.74) is 5.28. The predicted molar refractivity (Wildman–Crippen MR) is 82.9 cm³/mol. The second-order valence-corrected chi connectivity index (χ2v) is 6.21. The first-order valence-electron chi connectivity index (χ1n) is 6.78. The fourth-order valence-electron chi connectivity index (χ4n) is 2.36. The third kappa shape index (κ3) is 3.88. The fourth-order valence-corrected chi connectivity index (χ4v) is 3.01. The summed E-state index contributed by atoms with van der Waals surface area (Å²) in [6, 6.07) is 7.05.